The van der Waals surface area contributed by atoms with Crippen molar-refractivity contribution in [3.05, 3.63) is 12.7 Å². The van der Waals surface area contributed by atoms with Crippen LogP contribution in [0.5, 0.6) is 0 Å². The summed E-state index contributed by atoms with van der Waals surface area (Å²) in [7, 11) is 3.00. The smallest absolute Gasteiger partial charge is 0.481 e. The number of carbonyl (C=O) groups excluding carboxylic acids is 2. The summed E-state index contributed by atoms with van der Waals surface area (Å²) in [5.41, 5.74) is 0. The standard InChI is InChI=1S/C16H28N2O4S2.C2HF3O2/c1-4-5-6-7-13(19)18-15(12(2)3)16(22)17-9-11-24-23-10-8-14(20)21;3-2(4,5)1(6)7/h4,12,15H,1,5-11H2,2-3H3,(H,17,22)(H,18,19)(H,20,21);(H,6,7)/t15-;/m0./s1. The van der Waals surface area contributed by atoms with E-state index < -0.39 is 24.2 Å². The average Bonchev–Trinajstić information content (AvgIpc) is 2.64. The highest BCUT2D eigenvalue weighted by Crippen LogP contribution is 2.21. The van der Waals surface area contributed by atoms with E-state index in [2.05, 4.69) is 17.2 Å². The molecular weight excluding hydrogens is 461 g/mol. The number of allylic oxidation sites excluding steroid dienone is 1. The first kappa shape index (κ1) is 31.3. The van der Waals surface area contributed by atoms with Gasteiger partial charge in [-0.3, -0.25) is 14.4 Å². The second kappa shape index (κ2) is 17.8. The normalized spacial score (nSPS) is 11.7. The van der Waals surface area contributed by atoms with Gasteiger partial charge in [0.15, 0.2) is 0 Å². The minimum atomic E-state index is -5.08. The summed E-state index contributed by atoms with van der Waals surface area (Å²) in [5.74, 6) is -2.63. The maximum atomic E-state index is 12.2. The summed E-state index contributed by atoms with van der Waals surface area (Å²) >= 11 is 0. The molecule has 0 fully saturated rings. The van der Waals surface area contributed by atoms with Crippen molar-refractivity contribution in [1.29, 1.82) is 0 Å². The quantitative estimate of drug-likeness (QED) is 0.166. The highest BCUT2D eigenvalue weighted by atomic mass is 33.1. The number of unbranched alkanes of at least 4 members (excludes halogenated alkanes) is 1. The van der Waals surface area contributed by atoms with Crippen molar-refractivity contribution < 1.29 is 42.6 Å². The van der Waals surface area contributed by atoms with Gasteiger partial charge in [-0.2, -0.15) is 13.2 Å². The van der Waals surface area contributed by atoms with E-state index >= 15 is 0 Å². The van der Waals surface area contributed by atoms with Gasteiger partial charge in [-0.05, 0) is 18.8 Å². The SMILES string of the molecule is C=CCCCC(=O)N[C@H](C(=O)NCCSSCCC(=O)O)C(C)C.O=C(O)C(F)(F)F. The van der Waals surface area contributed by atoms with E-state index in [9.17, 15) is 27.6 Å². The van der Waals surface area contributed by atoms with Gasteiger partial charge in [0.2, 0.25) is 11.8 Å². The van der Waals surface area contributed by atoms with Crippen LogP contribution in [0.25, 0.3) is 0 Å². The zero-order valence-electron chi connectivity index (χ0n) is 17.4. The molecule has 0 rings (SSSR count). The molecule has 2 amide bonds. The van der Waals surface area contributed by atoms with E-state index in [4.69, 9.17) is 15.0 Å². The molecule has 0 aliphatic carbocycles. The summed E-state index contributed by atoms with van der Waals surface area (Å²) < 4.78 is 31.7. The van der Waals surface area contributed by atoms with Gasteiger partial charge in [0.05, 0.1) is 6.42 Å². The van der Waals surface area contributed by atoms with Crippen LogP contribution in [0.3, 0.4) is 0 Å². The van der Waals surface area contributed by atoms with Crippen molar-refractivity contribution in [2.45, 2.75) is 51.7 Å². The Hall–Kier alpha value is -1.89. The van der Waals surface area contributed by atoms with Crippen LogP contribution < -0.4 is 10.6 Å². The summed E-state index contributed by atoms with van der Waals surface area (Å²) in [5, 5.41) is 21.3. The Morgan fingerprint density at radius 2 is 1.61 bits per heavy atom. The third-order valence-electron chi connectivity index (χ3n) is 3.29. The molecule has 180 valence electrons. The van der Waals surface area contributed by atoms with Crippen molar-refractivity contribution in [1.82, 2.24) is 10.6 Å². The van der Waals surface area contributed by atoms with Gasteiger partial charge in [0.1, 0.15) is 6.04 Å². The van der Waals surface area contributed by atoms with E-state index in [1.54, 1.807) is 6.08 Å². The molecule has 0 aromatic heterocycles. The fraction of sp³-hybridized carbons (Fsp3) is 0.667. The molecule has 0 aliphatic heterocycles. The van der Waals surface area contributed by atoms with E-state index in [0.717, 1.165) is 12.8 Å². The number of hydrogen-bond acceptors (Lipinski definition) is 6. The summed E-state index contributed by atoms with van der Waals surface area (Å²) in [4.78, 5) is 43.3. The van der Waals surface area contributed by atoms with Crippen molar-refractivity contribution in [3.63, 3.8) is 0 Å². The molecule has 0 aliphatic rings. The number of rotatable bonds is 14. The predicted octanol–water partition coefficient (Wildman–Crippen LogP) is 3.09. The van der Waals surface area contributed by atoms with Gasteiger partial charge >= 0.3 is 18.1 Å². The van der Waals surface area contributed by atoms with Crippen molar-refractivity contribution in [2.75, 3.05) is 18.1 Å². The zero-order valence-corrected chi connectivity index (χ0v) is 19.0. The van der Waals surface area contributed by atoms with Crippen LogP contribution in [0.4, 0.5) is 13.2 Å². The first-order chi connectivity index (χ1) is 14.3. The topological polar surface area (TPSA) is 133 Å². The lowest BCUT2D eigenvalue weighted by Crippen LogP contribution is -2.50. The molecule has 4 N–H and O–H groups in total. The third-order valence-corrected chi connectivity index (χ3v) is 5.70. The van der Waals surface area contributed by atoms with E-state index in [1.807, 2.05) is 13.8 Å². The number of nitrogens with one attached hydrogen (secondary N) is 2. The number of carboxylic acid groups (broad SMARTS) is 2. The van der Waals surface area contributed by atoms with Crippen molar-refractivity contribution in [3.8, 4) is 0 Å². The molecule has 0 spiro atoms. The Labute approximate surface area is 187 Å². The van der Waals surface area contributed by atoms with Gasteiger partial charge in [-0.25, -0.2) is 4.79 Å². The molecule has 31 heavy (non-hydrogen) atoms. The van der Waals surface area contributed by atoms with Crippen LogP contribution in [0, 0.1) is 5.92 Å². The first-order valence-corrected chi connectivity index (χ1v) is 11.8. The maximum Gasteiger partial charge on any atom is 0.490 e. The van der Waals surface area contributed by atoms with Gasteiger partial charge in [-0.15, -0.1) is 6.58 Å². The molecule has 0 bridgehead atoms. The summed E-state index contributed by atoms with van der Waals surface area (Å²) in [6.45, 7) is 7.89. The number of amides is 2. The van der Waals surface area contributed by atoms with Gasteiger partial charge < -0.3 is 20.8 Å². The van der Waals surface area contributed by atoms with Gasteiger partial charge in [0.25, 0.3) is 0 Å². The molecule has 0 aromatic rings. The number of aliphatic carboxylic acids is 2. The minimum absolute atomic E-state index is 0.00551. The summed E-state index contributed by atoms with van der Waals surface area (Å²) in [6.07, 6.45) is -1.28. The van der Waals surface area contributed by atoms with Crippen LogP contribution in [0.2, 0.25) is 0 Å². The zero-order chi connectivity index (χ0) is 24.4. The Balaban J connectivity index is 0. The predicted molar refractivity (Wildman–Crippen MR) is 115 cm³/mol. The molecule has 0 aromatic carbocycles. The molecule has 0 saturated heterocycles. The highest BCUT2D eigenvalue weighted by Gasteiger charge is 2.38. The maximum absolute atomic E-state index is 12.2. The third kappa shape index (κ3) is 19.8. The van der Waals surface area contributed by atoms with Gasteiger partial charge in [0, 0.05) is 24.5 Å². The van der Waals surface area contributed by atoms with E-state index in [0.29, 0.717) is 24.5 Å². The molecule has 8 nitrogen and oxygen atoms in total. The Bertz CT molecular complexity index is 589. The number of carboxylic acids is 2. The molecular formula is C18H29F3N2O6S2. The minimum Gasteiger partial charge on any atom is -0.481 e. The Kier molecular flexibility index (Phi) is 17.9. The molecule has 0 unspecified atom stereocenters. The fourth-order valence-electron chi connectivity index (χ4n) is 1.76. The largest absolute Gasteiger partial charge is 0.490 e. The van der Waals surface area contributed by atoms with E-state index in [-0.39, 0.29) is 24.2 Å². The number of hydrogen-bond donors (Lipinski definition) is 4. The van der Waals surface area contributed by atoms with Crippen LogP contribution in [0.1, 0.15) is 39.5 Å². The molecule has 0 heterocycles. The lowest BCUT2D eigenvalue weighted by molar-refractivity contribution is -0.192. The van der Waals surface area contributed by atoms with Gasteiger partial charge in [-0.1, -0.05) is 41.5 Å². The van der Waals surface area contributed by atoms with Crippen LogP contribution in [0.15, 0.2) is 12.7 Å². The average molecular weight is 491 g/mol. The first-order valence-electron chi connectivity index (χ1n) is 9.27. The van der Waals surface area contributed by atoms with Crippen LogP contribution in [-0.4, -0.2) is 64.2 Å². The Morgan fingerprint density at radius 3 is 2.06 bits per heavy atom. The fourth-order valence-corrected chi connectivity index (χ4v) is 3.65. The van der Waals surface area contributed by atoms with Crippen LogP contribution in [-0.2, 0) is 19.2 Å². The van der Waals surface area contributed by atoms with Crippen molar-refractivity contribution in [2.24, 2.45) is 5.92 Å². The second-order valence-corrected chi connectivity index (χ2v) is 9.05. The number of alkyl halides is 3. The lowest BCUT2D eigenvalue weighted by Gasteiger charge is -2.21. The molecule has 1 atom stereocenters. The number of halogens is 3. The molecule has 13 heteroatoms. The summed E-state index contributed by atoms with van der Waals surface area (Å²) in [6, 6.07) is -0.536. The molecule has 0 radical (unpaired) electrons. The van der Waals surface area contributed by atoms with Crippen molar-refractivity contribution >= 4 is 45.3 Å². The number of carbonyl (C=O) groups is 4. The second-order valence-electron chi connectivity index (χ2n) is 6.35. The van der Waals surface area contributed by atoms with Crippen LogP contribution >= 0.6 is 21.6 Å². The highest BCUT2D eigenvalue weighted by molar-refractivity contribution is 8.76. The lowest BCUT2D eigenvalue weighted by atomic mass is 10.0. The van der Waals surface area contributed by atoms with E-state index in [1.165, 1.54) is 21.6 Å². The monoisotopic (exact) mass is 490 g/mol. The molecule has 0 saturated carbocycles. The Morgan fingerprint density at radius 1 is 1.06 bits per heavy atom.